The second kappa shape index (κ2) is 4.30. The monoisotopic (exact) mass is 196 g/mol. The first-order valence-electron chi connectivity index (χ1n) is 5.75. The SMILES string of the molecule is CN1CCCC[C@@H]1CN1CCCC1=O. The lowest BCUT2D eigenvalue weighted by atomic mass is 10.0. The van der Waals surface area contributed by atoms with Gasteiger partial charge in [-0.1, -0.05) is 6.42 Å². The molecule has 2 heterocycles. The third kappa shape index (κ3) is 2.08. The van der Waals surface area contributed by atoms with Crippen molar-refractivity contribution in [2.75, 3.05) is 26.7 Å². The number of likely N-dealkylation sites (N-methyl/N-ethyl adjacent to an activating group) is 1. The summed E-state index contributed by atoms with van der Waals surface area (Å²) in [5.41, 5.74) is 0. The van der Waals surface area contributed by atoms with Crippen molar-refractivity contribution in [3.05, 3.63) is 0 Å². The van der Waals surface area contributed by atoms with Crippen LogP contribution in [0.2, 0.25) is 0 Å². The maximum atomic E-state index is 11.5. The van der Waals surface area contributed by atoms with Crippen LogP contribution >= 0.6 is 0 Å². The van der Waals surface area contributed by atoms with Crippen molar-refractivity contribution < 1.29 is 4.79 Å². The largest absolute Gasteiger partial charge is 0.341 e. The molecule has 0 aromatic rings. The van der Waals surface area contributed by atoms with Crippen molar-refractivity contribution in [2.24, 2.45) is 0 Å². The smallest absolute Gasteiger partial charge is 0.222 e. The first kappa shape index (κ1) is 9.97. The quantitative estimate of drug-likeness (QED) is 0.660. The van der Waals surface area contributed by atoms with Gasteiger partial charge >= 0.3 is 0 Å². The lowest BCUT2D eigenvalue weighted by molar-refractivity contribution is -0.128. The molecule has 3 nitrogen and oxygen atoms in total. The highest BCUT2D eigenvalue weighted by atomic mass is 16.2. The van der Waals surface area contributed by atoms with Crippen LogP contribution in [-0.4, -0.2) is 48.4 Å². The van der Waals surface area contributed by atoms with Crippen LogP contribution in [-0.2, 0) is 4.79 Å². The van der Waals surface area contributed by atoms with Crippen molar-refractivity contribution in [1.82, 2.24) is 9.80 Å². The molecule has 14 heavy (non-hydrogen) atoms. The summed E-state index contributed by atoms with van der Waals surface area (Å²) in [5.74, 6) is 0.365. The minimum absolute atomic E-state index is 0.365. The Morgan fingerprint density at radius 1 is 1.29 bits per heavy atom. The number of nitrogens with zero attached hydrogens (tertiary/aromatic N) is 2. The maximum absolute atomic E-state index is 11.5. The summed E-state index contributed by atoms with van der Waals surface area (Å²) in [5, 5.41) is 0. The normalized spacial score (nSPS) is 29.9. The van der Waals surface area contributed by atoms with Gasteiger partial charge in [-0.15, -0.1) is 0 Å². The molecule has 2 fully saturated rings. The fourth-order valence-electron chi connectivity index (χ4n) is 2.53. The van der Waals surface area contributed by atoms with E-state index < -0.39 is 0 Å². The molecule has 80 valence electrons. The lowest BCUT2D eigenvalue weighted by Crippen LogP contribution is -2.45. The number of piperidine rings is 1. The molecule has 2 aliphatic rings. The van der Waals surface area contributed by atoms with Crippen LogP contribution < -0.4 is 0 Å². The van der Waals surface area contributed by atoms with E-state index in [0.29, 0.717) is 11.9 Å². The summed E-state index contributed by atoms with van der Waals surface area (Å²) in [6, 6.07) is 0.616. The Morgan fingerprint density at radius 3 is 2.79 bits per heavy atom. The van der Waals surface area contributed by atoms with E-state index in [1.54, 1.807) is 0 Å². The van der Waals surface area contributed by atoms with E-state index in [2.05, 4.69) is 11.9 Å². The Hall–Kier alpha value is -0.570. The van der Waals surface area contributed by atoms with Gasteiger partial charge in [0.15, 0.2) is 0 Å². The summed E-state index contributed by atoms with van der Waals surface area (Å²) >= 11 is 0. The van der Waals surface area contributed by atoms with Crippen LogP contribution in [0.4, 0.5) is 0 Å². The molecule has 0 aromatic heterocycles. The molecule has 0 N–H and O–H groups in total. The minimum atomic E-state index is 0.365. The number of hydrogen-bond donors (Lipinski definition) is 0. The second-order valence-electron chi connectivity index (χ2n) is 4.57. The summed E-state index contributed by atoms with van der Waals surface area (Å²) in [6.07, 6.45) is 5.75. The highest BCUT2D eigenvalue weighted by Gasteiger charge is 2.26. The molecule has 1 atom stereocenters. The van der Waals surface area contributed by atoms with Crippen molar-refractivity contribution in [3.63, 3.8) is 0 Å². The van der Waals surface area contributed by atoms with Gasteiger partial charge in [0.05, 0.1) is 0 Å². The van der Waals surface area contributed by atoms with Crippen molar-refractivity contribution in [3.8, 4) is 0 Å². The predicted octanol–water partition coefficient (Wildman–Crippen LogP) is 1.09. The van der Waals surface area contributed by atoms with E-state index in [-0.39, 0.29) is 0 Å². The van der Waals surface area contributed by atoms with E-state index in [0.717, 1.165) is 25.9 Å². The molecule has 2 saturated heterocycles. The molecule has 2 aliphatic heterocycles. The Kier molecular flexibility index (Phi) is 3.06. The fourth-order valence-corrected chi connectivity index (χ4v) is 2.53. The number of carbonyl (C=O) groups is 1. The Bertz CT molecular complexity index is 217. The van der Waals surface area contributed by atoms with Gasteiger partial charge in [0, 0.05) is 25.6 Å². The lowest BCUT2D eigenvalue weighted by Gasteiger charge is -2.35. The Morgan fingerprint density at radius 2 is 2.14 bits per heavy atom. The zero-order valence-corrected chi connectivity index (χ0v) is 9.04. The van der Waals surface area contributed by atoms with E-state index in [1.165, 1.54) is 25.8 Å². The fraction of sp³-hybridized carbons (Fsp3) is 0.909. The van der Waals surface area contributed by atoms with Crippen LogP contribution in [0, 0.1) is 0 Å². The molecule has 0 unspecified atom stereocenters. The molecule has 0 spiro atoms. The first-order chi connectivity index (χ1) is 6.77. The van der Waals surface area contributed by atoms with Gasteiger partial charge in [-0.3, -0.25) is 4.79 Å². The third-order valence-corrected chi connectivity index (χ3v) is 3.52. The summed E-state index contributed by atoms with van der Waals surface area (Å²) in [4.78, 5) is 15.9. The average Bonchev–Trinajstić information content (AvgIpc) is 2.56. The van der Waals surface area contributed by atoms with Gasteiger partial charge in [-0.2, -0.15) is 0 Å². The van der Waals surface area contributed by atoms with Gasteiger partial charge in [0.2, 0.25) is 5.91 Å². The number of likely N-dealkylation sites (tertiary alicyclic amines) is 2. The molecule has 3 heteroatoms. The molecular weight excluding hydrogens is 176 g/mol. The van der Waals surface area contributed by atoms with Crippen LogP contribution in [0.15, 0.2) is 0 Å². The molecule has 0 radical (unpaired) electrons. The minimum Gasteiger partial charge on any atom is -0.341 e. The molecular formula is C11H20N2O. The zero-order chi connectivity index (χ0) is 9.97. The number of hydrogen-bond acceptors (Lipinski definition) is 2. The van der Waals surface area contributed by atoms with Crippen LogP contribution in [0.5, 0.6) is 0 Å². The third-order valence-electron chi connectivity index (χ3n) is 3.52. The van der Waals surface area contributed by atoms with Crippen molar-refractivity contribution in [1.29, 1.82) is 0 Å². The second-order valence-corrected chi connectivity index (χ2v) is 4.57. The van der Waals surface area contributed by atoms with E-state index in [9.17, 15) is 4.79 Å². The zero-order valence-electron chi connectivity index (χ0n) is 9.04. The van der Waals surface area contributed by atoms with Crippen molar-refractivity contribution >= 4 is 5.91 Å². The Labute approximate surface area is 86.1 Å². The number of rotatable bonds is 2. The Balaban J connectivity index is 1.86. The van der Waals surface area contributed by atoms with Gasteiger partial charge < -0.3 is 9.80 Å². The van der Waals surface area contributed by atoms with Gasteiger partial charge in [-0.25, -0.2) is 0 Å². The number of amides is 1. The average molecular weight is 196 g/mol. The highest BCUT2D eigenvalue weighted by Crippen LogP contribution is 2.18. The summed E-state index contributed by atoms with van der Waals surface area (Å²) in [6.45, 7) is 3.16. The van der Waals surface area contributed by atoms with Crippen LogP contribution in [0.1, 0.15) is 32.1 Å². The highest BCUT2D eigenvalue weighted by molar-refractivity contribution is 5.78. The van der Waals surface area contributed by atoms with Gasteiger partial charge in [0.1, 0.15) is 0 Å². The molecule has 0 aliphatic carbocycles. The molecule has 0 aromatic carbocycles. The molecule has 2 rings (SSSR count). The predicted molar refractivity (Wildman–Crippen MR) is 56.1 cm³/mol. The first-order valence-corrected chi connectivity index (χ1v) is 5.75. The topological polar surface area (TPSA) is 23.6 Å². The van der Waals surface area contributed by atoms with E-state index in [1.807, 2.05) is 4.90 Å². The van der Waals surface area contributed by atoms with Crippen LogP contribution in [0.3, 0.4) is 0 Å². The maximum Gasteiger partial charge on any atom is 0.222 e. The van der Waals surface area contributed by atoms with E-state index >= 15 is 0 Å². The summed E-state index contributed by atoms with van der Waals surface area (Å²) < 4.78 is 0. The van der Waals surface area contributed by atoms with Crippen LogP contribution in [0.25, 0.3) is 0 Å². The standard InChI is InChI=1S/C11H20N2O/c1-12-7-3-2-5-10(12)9-13-8-4-6-11(13)14/h10H,2-9H2,1H3/t10-/m1/s1. The number of carbonyl (C=O) groups excluding carboxylic acids is 1. The molecule has 0 saturated carbocycles. The van der Waals surface area contributed by atoms with E-state index in [4.69, 9.17) is 0 Å². The van der Waals surface area contributed by atoms with Gasteiger partial charge in [-0.05, 0) is 32.9 Å². The molecule has 0 bridgehead atoms. The molecule has 1 amide bonds. The van der Waals surface area contributed by atoms with Crippen molar-refractivity contribution in [2.45, 2.75) is 38.1 Å². The summed E-state index contributed by atoms with van der Waals surface area (Å²) in [7, 11) is 2.18. The van der Waals surface area contributed by atoms with Gasteiger partial charge in [0.25, 0.3) is 0 Å².